The normalized spacial score (nSPS) is 10.9. The van der Waals surface area contributed by atoms with Crippen molar-refractivity contribution in [1.82, 2.24) is 19.7 Å². The van der Waals surface area contributed by atoms with Crippen LogP contribution in [-0.2, 0) is 6.54 Å². The second-order valence-corrected chi connectivity index (χ2v) is 4.74. The van der Waals surface area contributed by atoms with Crippen LogP contribution in [0.3, 0.4) is 0 Å². The molecular formula is C14H16N6O. The number of nitrogens with two attached hydrogens (primary N) is 1. The van der Waals surface area contributed by atoms with E-state index in [-0.39, 0.29) is 5.56 Å². The van der Waals surface area contributed by atoms with Crippen LogP contribution in [0.5, 0.6) is 0 Å². The maximum atomic E-state index is 11.7. The summed E-state index contributed by atoms with van der Waals surface area (Å²) >= 11 is 0. The maximum Gasteiger partial charge on any atom is 0.258 e. The van der Waals surface area contributed by atoms with E-state index < -0.39 is 0 Å². The molecule has 0 amide bonds. The highest BCUT2D eigenvalue weighted by molar-refractivity contribution is 5.88. The first kappa shape index (κ1) is 13.2. The molecule has 3 rings (SSSR count). The van der Waals surface area contributed by atoms with Gasteiger partial charge in [-0.05, 0) is 24.6 Å². The van der Waals surface area contributed by atoms with Crippen LogP contribution in [0.4, 0.5) is 11.4 Å². The van der Waals surface area contributed by atoms with Crippen molar-refractivity contribution in [1.29, 1.82) is 0 Å². The number of fused-ring (bicyclic) bond motifs is 1. The summed E-state index contributed by atoms with van der Waals surface area (Å²) in [5.74, 6) is 0. The van der Waals surface area contributed by atoms with Crippen molar-refractivity contribution >= 4 is 22.3 Å². The average Bonchev–Trinajstić information content (AvgIpc) is 2.98. The minimum absolute atomic E-state index is 0.183. The fourth-order valence-corrected chi connectivity index (χ4v) is 2.18. The van der Waals surface area contributed by atoms with Crippen molar-refractivity contribution in [3.8, 4) is 0 Å². The lowest BCUT2D eigenvalue weighted by Crippen LogP contribution is -2.10. The van der Waals surface area contributed by atoms with E-state index in [2.05, 4.69) is 20.4 Å². The molecule has 0 saturated carbocycles. The van der Waals surface area contributed by atoms with Crippen molar-refractivity contribution in [2.75, 3.05) is 17.6 Å². The van der Waals surface area contributed by atoms with E-state index in [9.17, 15) is 4.79 Å². The summed E-state index contributed by atoms with van der Waals surface area (Å²) in [6.45, 7) is 1.60. The quantitative estimate of drug-likeness (QED) is 0.483. The Balaban J connectivity index is 1.69. The van der Waals surface area contributed by atoms with Crippen LogP contribution in [0.2, 0.25) is 0 Å². The molecule has 108 valence electrons. The van der Waals surface area contributed by atoms with E-state index in [0.717, 1.165) is 25.2 Å². The van der Waals surface area contributed by atoms with E-state index >= 15 is 0 Å². The van der Waals surface area contributed by atoms with Gasteiger partial charge in [-0.25, -0.2) is 4.98 Å². The lowest BCUT2D eigenvalue weighted by Gasteiger charge is -2.10. The average molecular weight is 284 g/mol. The first-order chi connectivity index (χ1) is 10.2. The van der Waals surface area contributed by atoms with Crippen LogP contribution in [0, 0.1) is 0 Å². The topological polar surface area (TPSA) is 102 Å². The Hall–Kier alpha value is -2.83. The van der Waals surface area contributed by atoms with Gasteiger partial charge in [0.1, 0.15) is 0 Å². The molecule has 1 aromatic carbocycles. The smallest absolute Gasteiger partial charge is 0.258 e. The molecule has 0 atom stereocenters. The van der Waals surface area contributed by atoms with E-state index in [1.54, 1.807) is 18.3 Å². The Labute approximate surface area is 120 Å². The molecule has 0 bridgehead atoms. The molecular weight excluding hydrogens is 268 g/mol. The van der Waals surface area contributed by atoms with Crippen molar-refractivity contribution in [3.63, 3.8) is 0 Å². The summed E-state index contributed by atoms with van der Waals surface area (Å²) in [5.41, 5.74) is 7.75. The van der Waals surface area contributed by atoms with Crippen LogP contribution in [0.1, 0.15) is 6.42 Å². The monoisotopic (exact) mass is 284 g/mol. The number of aromatic nitrogens is 4. The number of hydrogen-bond donors (Lipinski definition) is 3. The molecule has 7 heteroatoms. The molecule has 0 spiro atoms. The summed E-state index contributed by atoms with van der Waals surface area (Å²) in [6.07, 6.45) is 6.00. The van der Waals surface area contributed by atoms with Crippen LogP contribution < -0.4 is 16.6 Å². The van der Waals surface area contributed by atoms with Gasteiger partial charge < -0.3 is 16.0 Å². The summed E-state index contributed by atoms with van der Waals surface area (Å²) in [6, 6.07) is 5.35. The third kappa shape index (κ3) is 2.86. The van der Waals surface area contributed by atoms with E-state index in [4.69, 9.17) is 5.73 Å². The molecule has 0 radical (unpaired) electrons. The zero-order valence-corrected chi connectivity index (χ0v) is 11.4. The van der Waals surface area contributed by atoms with Crippen molar-refractivity contribution in [2.45, 2.75) is 13.0 Å². The van der Waals surface area contributed by atoms with Gasteiger partial charge >= 0.3 is 0 Å². The highest BCUT2D eigenvalue weighted by Crippen LogP contribution is 2.22. The lowest BCUT2D eigenvalue weighted by molar-refractivity contribution is 0.592. The predicted octanol–water partition coefficient (Wildman–Crippen LogP) is 1.20. The van der Waals surface area contributed by atoms with Gasteiger partial charge in [0, 0.05) is 25.5 Å². The largest absolute Gasteiger partial charge is 0.397 e. The highest BCUT2D eigenvalue weighted by atomic mass is 16.1. The zero-order valence-electron chi connectivity index (χ0n) is 11.4. The molecule has 0 unspecified atom stereocenters. The Kier molecular flexibility index (Phi) is 3.55. The Bertz CT molecular complexity index is 793. The number of rotatable bonds is 5. The predicted molar refractivity (Wildman–Crippen MR) is 82.1 cm³/mol. The molecule has 2 aromatic heterocycles. The van der Waals surface area contributed by atoms with Crippen LogP contribution >= 0.6 is 0 Å². The maximum absolute atomic E-state index is 11.7. The van der Waals surface area contributed by atoms with Gasteiger partial charge in [-0.1, -0.05) is 0 Å². The minimum atomic E-state index is -0.183. The summed E-state index contributed by atoms with van der Waals surface area (Å²) in [7, 11) is 0. The van der Waals surface area contributed by atoms with Crippen molar-refractivity contribution < 1.29 is 0 Å². The van der Waals surface area contributed by atoms with Crippen LogP contribution in [0.15, 0.2) is 41.7 Å². The first-order valence-electron chi connectivity index (χ1n) is 6.72. The van der Waals surface area contributed by atoms with Gasteiger partial charge in [0.15, 0.2) is 0 Å². The number of anilines is 2. The Morgan fingerprint density at radius 2 is 2.29 bits per heavy atom. The van der Waals surface area contributed by atoms with Gasteiger partial charge in [-0.3, -0.25) is 9.48 Å². The third-order valence-corrected chi connectivity index (χ3v) is 3.25. The summed E-state index contributed by atoms with van der Waals surface area (Å²) in [5, 5.41) is 7.91. The molecule has 0 aliphatic rings. The molecule has 2 heterocycles. The number of nitrogen functional groups attached to an aromatic ring is 1. The number of aryl methyl sites for hydroxylation is 1. The second kappa shape index (κ2) is 5.66. The van der Waals surface area contributed by atoms with Gasteiger partial charge in [-0.2, -0.15) is 5.10 Å². The fraction of sp³-hybridized carbons (Fsp3) is 0.214. The number of nitrogens with one attached hydrogen (secondary N) is 2. The number of nitrogens with zero attached hydrogens (tertiary/aromatic N) is 3. The molecule has 7 nitrogen and oxygen atoms in total. The number of aromatic amines is 1. The SMILES string of the molecule is Nc1cc2c(=O)[nH]cnc2cc1NCCCn1cccn1. The zero-order chi connectivity index (χ0) is 14.7. The minimum Gasteiger partial charge on any atom is -0.397 e. The first-order valence-corrected chi connectivity index (χ1v) is 6.72. The fourth-order valence-electron chi connectivity index (χ4n) is 2.18. The molecule has 0 aliphatic heterocycles. The molecule has 0 fully saturated rings. The van der Waals surface area contributed by atoms with Crippen molar-refractivity contribution in [2.24, 2.45) is 0 Å². The van der Waals surface area contributed by atoms with E-state index in [1.165, 1.54) is 6.33 Å². The molecule has 21 heavy (non-hydrogen) atoms. The molecule has 0 aliphatic carbocycles. The highest BCUT2D eigenvalue weighted by Gasteiger charge is 2.05. The van der Waals surface area contributed by atoms with Gasteiger partial charge in [0.25, 0.3) is 5.56 Å². The Morgan fingerprint density at radius 3 is 3.10 bits per heavy atom. The summed E-state index contributed by atoms with van der Waals surface area (Å²) in [4.78, 5) is 18.3. The Morgan fingerprint density at radius 1 is 1.38 bits per heavy atom. The van der Waals surface area contributed by atoms with Crippen molar-refractivity contribution in [3.05, 3.63) is 47.3 Å². The van der Waals surface area contributed by atoms with Gasteiger partial charge in [0.05, 0.1) is 28.6 Å². The lowest BCUT2D eigenvalue weighted by atomic mass is 10.2. The molecule has 4 N–H and O–H groups in total. The molecule has 3 aromatic rings. The van der Waals surface area contributed by atoms with Crippen LogP contribution in [0.25, 0.3) is 10.9 Å². The second-order valence-electron chi connectivity index (χ2n) is 4.74. The van der Waals surface area contributed by atoms with E-state index in [1.807, 2.05) is 16.9 Å². The van der Waals surface area contributed by atoms with Gasteiger partial charge in [-0.15, -0.1) is 0 Å². The number of H-pyrrole nitrogens is 1. The standard InChI is InChI=1S/C14H16N6O/c15-11-7-10-12(17-9-18-14(10)21)8-13(11)16-3-1-5-20-6-2-4-19-20/h2,4,6-9,16H,1,3,5,15H2,(H,17,18,21). The van der Waals surface area contributed by atoms with E-state index in [0.29, 0.717) is 16.6 Å². The van der Waals surface area contributed by atoms with Gasteiger partial charge in [0.2, 0.25) is 0 Å². The summed E-state index contributed by atoms with van der Waals surface area (Å²) < 4.78 is 1.88. The van der Waals surface area contributed by atoms with Crippen LogP contribution in [-0.4, -0.2) is 26.3 Å². The number of benzene rings is 1. The third-order valence-electron chi connectivity index (χ3n) is 3.25. The molecule has 0 saturated heterocycles. The number of hydrogen-bond acceptors (Lipinski definition) is 5.